The van der Waals surface area contributed by atoms with Gasteiger partial charge >= 0.3 is 0 Å². The number of hydrogen-bond acceptors (Lipinski definition) is 5. The van der Waals surface area contributed by atoms with Crippen molar-refractivity contribution in [1.29, 1.82) is 5.26 Å². The number of nitrogens with one attached hydrogen (secondary N) is 1. The van der Waals surface area contributed by atoms with Crippen LogP contribution in [0.25, 0.3) is 0 Å². The third kappa shape index (κ3) is 5.59. The Labute approximate surface area is 136 Å². The third-order valence-electron chi connectivity index (χ3n) is 2.78. The zero-order valence-electron chi connectivity index (χ0n) is 12.5. The highest BCUT2D eigenvalue weighted by Gasteiger charge is 2.20. The molecule has 1 atom stereocenters. The fourth-order valence-corrected chi connectivity index (χ4v) is 1.85. The Bertz CT molecular complexity index is 615. The van der Waals surface area contributed by atoms with E-state index in [4.69, 9.17) is 21.2 Å². The number of methoxy groups -OCH3 is 1. The Morgan fingerprint density at radius 3 is 2.82 bits per heavy atom. The number of nitriles is 1. The van der Waals surface area contributed by atoms with E-state index in [9.17, 15) is 4.79 Å². The molecule has 0 aliphatic carbocycles. The summed E-state index contributed by atoms with van der Waals surface area (Å²) in [5.74, 6) is 3.26. The molecular weight excluding hydrogens is 300 g/mol. The summed E-state index contributed by atoms with van der Waals surface area (Å²) in [6, 6.07) is 7.28. The van der Waals surface area contributed by atoms with E-state index >= 15 is 0 Å². The molecule has 0 saturated heterocycles. The zero-order valence-corrected chi connectivity index (χ0v) is 13.4. The maximum atomic E-state index is 11.8. The van der Waals surface area contributed by atoms with Gasteiger partial charge in [-0.3, -0.25) is 4.79 Å². The number of terminal acetylenes is 1. The Hall–Kier alpha value is -2.31. The lowest BCUT2D eigenvalue weighted by Crippen LogP contribution is -2.40. The number of rotatable bonds is 7. The minimum atomic E-state index is -1.16. The van der Waals surface area contributed by atoms with Crippen molar-refractivity contribution in [2.45, 2.75) is 24.6 Å². The molecule has 1 aromatic carbocycles. The van der Waals surface area contributed by atoms with Gasteiger partial charge in [0, 0.05) is 6.42 Å². The van der Waals surface area contributed by atoms with E-state index in [0.717, 1.165) is 5.56 Å². The van der Waals surface area contributed by atoms with Gasteiger partial charge in [0.15, 0.2) is 16.4 Å². The van der Waals surface area contributed by atoms with E-state index in [1.165, 1.54) is 14.0 Å². The van der Waals surface area contributed by atoms with Crippen LogP contribution in [0.3, 0.4) is 0 Å². The summed E-state index contributed by atoms with van der Waals surface area (Å²) >= 11 is 4.04. The number of carbonyl (C=O) groups excluding carboxylic acids is 1. The number of aryl methyl sites for hydroxylation is 1. The average molecular weight is 318 g/mol. The van der Waals surface area contributed by atoms with Crippen LogP contribution in [-0.4, -0.2) is 24.5 Å². The monoisotopic (exact) mass is 318 g/mol. The van der Waals surface area contributed by atoms with Gasteiger partial charge < -0.3 is 14.8 Å². The van der Waals surface area contributed by atoms with Gasteiger partial charge in [0.1, 0.15) is 12.7 Å². The van der Waals surface area contributed by atoms with Crippen molar-refractivity contribution in [3.63, 3.8) is 0 Å². The normalized spacial score (nSPS) is 12.4. The highest BCUT2D eigenvalue weighted by Crippen LogP contribution is 2.28. The van der Waals surface area contributed by atoms with Gasteiger partial charge in [-0.1, -0.05) is 12.0 Å². The molecule has 5 nitrogen and oxygen atoms in total. The second kappa shape index (κ2) is 8.21. The van der Waals surface area contributed by atoms with E-state index in [1.54, 1.807) is 12.1 Å². The Morgan fingerprint density at radius 1 is 1.50 bits per heavy atom. The number of hydrogen-bond donors (Lipinski definition) is 2. The van der Waals surface area contributed by atoms with Gasteiger partial charge in [-0.05, 0) is 31.0 Å². The van der Waals surface area contributed by atoms with E-state index in [0.29, 0.717) is 17.9 Å². The summed E-state index contributed by atoms with van der Waals surface area (Å²) in [5.41, 5.74) is 0.915. The average Bonchev–Trinajstić information content (AvgIpc) is 2.50. The molecule has 1 aromatic rings. The van der Waals surface area contributed by atoms with Crippen LogP contribution in [0.2, 0.25) is 0 Å². The molecular formula is C16H18N2O3S. The quantitative estimate of drug-likeness (QED) is 0.458. The van der Waals surface area contributed by atoms with E-state index in [-0.39, 0.29) is 18.9 Å². The molecule has 6 heteroatoms. The minimum Gasteiger partial charge on any atom is -0.493 e. The maximum absolute atomic E-state index is 11.8. The summed E-state index contributed by atoms with van der Waals surface area (Å²) in [7, 11) is 1.54. The molecule has 116 valence electrons. The van der Waals surface area contributed by atoms with Gasteiger partial charge in [-0.25, -0.2) is 0 Å². The van der Waals surface area contributed by atoms with E-state index in [1.807, 2.05) is 12.1 Å². The molecule has 0 saturated carbocycles. The zero-order chi connectivity index (χ0) is 16.6. The van der Waals surface area contributed by atoms with Crippen molar-refractivity contribution in [2.75, 3.05) is 13.7 Å². The topological polar surface area (TPSA) is 71.3 Å². The van der Waals surface area contributed by atoms with Crippen molar-refractivity contribution in [3.05, 3.63) is 23.8 Å². The molecule has 1 rings (SSSR count). The first kappa shape index (κ1) is 17.7. The van der Waals surface area contributed by atoms with Crippen LogP contribution in [0, 0.1) is 23.7 Å². The summed E-state index contributed by atoms with van der Waals surface area (Å²) in [6.45, 7) is 1.68. The first-order valence-corrected chi connectivity index (χ1v) is 7.04. The number of thiol groups is 1. The van der Waals surface area contributed by atoms with Crippen molar-refractivity contribution in [1.82, 2.24) is 5.32 Å². The Balaban J connectivity index is 2.66. The van der Waals surface area contributed by atoms with Crippen LogP contribution < -0.4 is 14.8 Å². The highest BCUT2D eigenvalue weighted by molar-refractivity contribution is 7.82. The van der Waals surface area contributed by atoms with Crippen LogP contribution in [-0.2, 0) is 11.2 Å². The standard InChI is InChI=1S/C16H18N2O3S/c1-4-9-21-13-7-5-12(10-14(13)20-3)6-8-15(19)18-16(2,22)11-17/h1,5,7,10,22H,6,8-9H2,2-3H3,(H,18,19). The summed E-state index contributed by atoms with van der Waals surface area (Å²) in [5, 5.41) is 11.3. The molecule has 0 radical (unpaired) electrons. The summed E-state index contributed by atoms with van der Waals surface area (Å²) in [4.78, 5) is 10.6. The Morgan fingerprint density at radius 2 is 2.23 bits per heavy atom. The van der Waals surface area contributed by atoms with Crippen LogP contribution in [0.4, 0.5) is 0 Å². The summed E-state index contributed by atoms with van der Waals surface area (Å²) in [6.07, 6.45) is 5.90. The van der Waals surface area contributed by atoms with E-state index < -0.39 is 4.87 Å². The van der Waals surface area contributed by atoms with Gasteiger partial charge in [0.05, 0.1) is 7.11 Å². The molecule has 1 amide bonds. The predicted octanol–water partition coefficient (Wildman–Crippen LogP) is 1.93. The van der Waals surface area contributed by atoms with Crippen LogP contribution in [0.1, 0.15) is 18.9 Å². The van der Waals surface area contributed by atoms with Crippen LogP contribution in [0.15, 0.2) is 18.2 Å². The molecule has 0 spiro atoms. The lowest BCUT2D eigenvalue weighted by Gasteiger charge is -2.16. The first-order valence-electron chi connectivity index (χ1n) is 6.59. The van der Waals surface area contributed by atoms with Crippen molar-refractivity contribution in [3.8, 4) is 29.9 Å². The number of ether oxygens (including phenoxy) is 2. The number of nitrogens with zero attached hydrogens (tertiary/aromatic N) is 1. The van der Waals surface area contributed by atoms with Crippen molar-refractivity contribution in [2.24, 2.45) is 0 Å². The van der Waals surface area contributed by atoms with Crippen molar-refractivity contribution >= 4 is 18.5 Å². The molecule has 1 unspecified atom stereocenters. The molecule has 0 aliphatic heterocycles. The lowest BCUT2D eigenvalue weighted by molar-refractivity contribution is -0.121. The van der Waals surface area contributed by atoms with Gasteiger partial charge in [-0.2, -0.15) is 5.26 Å². The van der Waals surface area contributed by atoms with Gasteiger partial charge in [0.25, 0.3) is 0 Å². The number of amides is 1. The van der Waals surface area contributed by atoms with Gasteiger partial charge in [0.2, 0.25) is 5.91 Å². The predicted molar refractivity (Wildman–Crippen MR) is 86.8 cm³/mol. The largest absolute Gasteiger partial charge is 0.493 e. The maximum Gasteiger partial charge on any atom is 0.222 e. The van der Waals surface area contributed by atoms with Crippen LogP contribution >= 0.6 is 12.6 Å². The lowest BCUT2D eigenvalue weighted by atomic mass is 10.1. The third-order valence-corrected chi connectivity index (χ3v) is 2.99. The molecule has 0 fully saturated rings. The van der Waals surface area contributed by atoms with Gasteiger partial charge in [-0.15, -0.1) is 19.1 Å². The molecule has 0 heterocycles. The smallest absolute Gasteiger partial charge is 0.222 e. The minimum absolute atomic E-state index is 0.160. The highest BCUT2D eigenvalue weighted by atomic mass is 32.1. The molecule has 22 heavy (non-hydrogen) atoms. The first-order chi connectivity index (χ1) is 10.4. The SMILES string of the molecule is C#CCOc1ccc(CCC(=O)NC(C)(S)C#N)cc1OC. The number of benzene rings is 1. The van der Waals surface area contributed by atoms with Crippen LogP contribution in [0.5, 0.6) is 11.5 Å². The number of carbonyl (C=O) groups is 1. The molecule has 0 aromatic heterocycles. The fraction of sp³-hybridized carbons (Fsp3) is 0.375. The van der Waals surface area contributed by atoms with E-state index in [2.05, 4.69) is 23.9 Å². The molecule has 1 N–H and O–H groups in total. The molecule has 0 aliphatic rings. The van der Waals surface area contributed by atoms with Crippen molar-refractivity contribution < 1.29 is 14.3 Å². The Kier molecular flexibility index (Phi) is 6.62. The molecule has 0 bridgehead atoms. The fourth-order valence-electron chi connectivity index (χ4n) is 1.73. The summed E-state index contributed by atoms with van der Waals surface area (Å²) < 4.78 is 10.6. The second-order valence-corrected chi connectivity index (χ2v) is 5.60. The second-order valence-electron chi connectivity index (χ2n) is 4.71.